The zero-order valence-corrected chi connectivity index (χ0v) is 61.6. The molecule has 0 spiro atoms. The van der Waals surface area contributed by atoms with Crippen LogP contribution in [0.15, 0.2) is 226 Å². The van der Waals surface area contributed by atoms with Gasteiger partial charge in [-0.15, -0.1) is 24.0 Å². The molecule has 10 rings (SSSR count). The molecule has 23 heteroatoms. The van der Waals surface area contributed by atoms with Crippen LogP contribution in [0.3, 0.4) is 0 Å². The molecule has 6 N–H and O–H groups in total. The maximum Gasteiger partial charge on any atom is 0.193 e. The van der Waals surface area contributed by atoms with Crippen molar-refractivity contribution < 1.29 is 28.9 Å². The van der Waals surface area contributed by atoms with Gasteiger partial charge in [0.2, 0.25) is 0 Å². The number of aliphatic hydroxyl groups excluding tert-OH is 2. The van der Waals surface area contributed by atoms with Gasteiger partial charge >= 0.3 is 0 Å². The number of aromatic hydroxyl groups is 1. The SMILES string of the molecule is CN(CCO)CCN(C)Cc1ccncc1.CN(CCOc1ccc(-c2cc(=O)c3ccccc3o2)cc1)CCN(C)Cc1ccncc1.CNCCN(C)Cc1ccncc1.CNCCNC.Cl.ClCc1ccncc1.O=c1cc(-c2ccc(O)cc2)oc2ccccc12.OCCBr. The molecule has 99 heavy (non-hydrogen) atoms. The molecule has 6 heterocycles. The van der Waals surface area contributed by atoms with Crippen LogP contribution in [0.2, 0.25) is 0 Å². The molecule has 0 atom stereocenters. The number of alkyl halides is 2. The molecule has 0 aliphatic heterocycles. The zero-order chi connectivity index (χ0) is 71.0. The predicted octanol–water partition coefficient (Wildman–Crippen LogP) is 10.7. The molecule has 4 aromatic carbocycles. The second kappa shape index (κ2) is 52.2. The monoisotopic (exact) mass is 1460 g/mol. The molecule has 0 aliphatic carbocycles. The molecular weight excluding hydrogens is 1360 g/mol. The van der Waals surface area contributed by atoms with E-state index in [1.165, 1.54) is 22.8 Å². The van der Waals surface area contributed by atoms with Gasteiger partial charge in [-0.25, -0.2) is 0 Å². The van der Waals surface area contributed by atoms with Gasteiger partial charge in [0, 0.05) is 169 Å². The molecule has 0 saturated carbocycles. The Kier molecular flexibility index (Phi) is 45.0. The number of hydrogen-bond acceptors (Lipinski definition) is 20. The van der Waals surface area contributed by atoms with Gasteiger partial charge in [-0.3, -0.25) is 29.5 Å². The number of aromatic nitrogens is 4. The number of hydrogen-bond donors (Lipinski definition) is 6. The Morgan fingerprint density at radius 1 is 0.455 bits per heavy atom. The standard InChI is InChI=1S/C27H29N3O3.C15H10O3.C12H21N3O.C10H17N3.C6H6ClN.C4H12N2.C2H5BrO.ClH/c1-29(15-16-30(2)20-21-11-13-28-14-12-21)17-18-32-23-9-7-22(8-10-23)27-19-25(31)24-5-3-4-6-26(24)33-27;16-11-7-5-10(6-8-11)15-9-13(17)12-3-1-2-4-14(12)18-15;1-14(9-10-16)7-8-15(2)11-12-3-5-13-6-4-12;1-11-7-8-13(2)9-10-3-5-12-6-4-10;7-5-6-1-3-8-4-2-6;1-5-3-4-6-2;3-1-2-4;/h3-14,19H,15-18,20H2,1-2H3;1-9,16H;3-6,16H,7-11H2,1-2H3;3-6,11H,7-9H2,1-2H3;1-4H,5H2;5-6H,3-4H2,1-2H3;4H,1-2H2;1H. The summed E-state index contributed by atoms with van der Waals surface area (Å²) in [5, 5.41) is 36.8. The fourth-order valence-electron chi connectivity index (χ4n) is 8.89. The van der Waals surface area contributed by atoms with Gasteiger partial charge in [0.05, 0.1) is 24.0 Å². The van der Waals surface area contributed by atoms with Gasteiger partial charge in [-0.2, -0.15) is 0 Å². The van der Waals surface area contributed by atoms with Crippen molar-refractivity contribution >= 4 is 61.9 Å². The van der Waals surface area contributed by atoms with E-state index >= 15 is 0 Å². The van der Waals surface area contributed by atoms with Crippen molar-refractivity contribution in [1.29, 1.82) is 0 Å². The number of fused-ring (bicyclic) bond motifs is 2. The number of likely N-dealkylation sites (N-methyl/N-ethyl adjacent to an activating group) is 8. The Hall–Kier alpha value is -7.84. The summed E-state index contributed by atoms with van der Waals surface area (Å²) in [6, 6.07) is 47.7. The number of benzene rings is 4. The lowest BCUT2D eigenvalue weighted by molar-refractivity contribution is 0.200. The summed E-state index contributed by atoms with van der Waals surface area (Å²) in [6.45, 7) is 13.6. The number of pyridine rings is 4. The molecule has 20 nitrogen and oxygen atoms in total. The van der Waals surface area contributed by atoms with E-state index in [9.17, 15) is 14.7 Å². The normalized spacial score (nSPS) is 10.6. The number of halogens is 3. The van der Waals surface area contributed by atoms with Crippen molar-refractivity contribution in [3.8, 4) is 34.1 Å². The highest BCUT2D eigenvalue weighted by molar-refractivity contribution is 9.09. The maximum atomic E-state index is 12.3. The van der Waals surface area contributed by atoms with Crippen molar-refractivity contribution in [2.75, 3.05) is 147 Å². The first-order valence-corrected chi connectivity index (χ1v) is 34.1. The molecular formula is C76H101BrCl2N12O8. The number of phenolic OH excluding ortho intramolecular Hbond substituents is 1. The van der Waals surface area contributed by atoms with E-state index < -0.39 is 0 Å². The van der Waals surface area contributed by atoms with Crippen LogP contribution >= 0.6 is 39.9 Å². The minimum absolute atomic E-state index is 0. The molecule has 534 valence electrons. The lowest BCUT2D eigenvalue weighted by Crippen LogP contribution is -2.33. The van der Waals surface area contributed by atoms with Gasteiger partial charge in [0.25, 0.3) is 0 Å². The summed E-state index contributed by atoms with van der Waals surface area (Å²) in [7, 11) is 16.3. The number of phenols is 1. The molecule has 0 aliphatic rings. The van der Waals surface area contributed by atoms with Crippen LogP contribution in [0.1, 0.15) is 22.3 Å². The highest BCUT2D eigenvalue weighted by Gasteiger charge is 2.10. The third kappa shape index (κ3) is 36.2. The molecule has 0 bridgehead atoms. The number of rotatable bonds is 28. The first-order valence-electron chi connectivity index (χ1n) is 32.5. The summed E-state index contributed by atoms with van der Waals surface area (Å²) in [5.41, 5.74) is 7.63. The number of aliphatic hydroxyl groups is 2. The third-order valence-corrected chi connectivity index (χ3v) is 15.1. The lowest BCUT2D eigenvalue weighted by atomic mass is 10.1. The molecule has 10 aromatic rings. The highest BCUT2D eigenvalue weighted by atomic mass is 79.9. The van der Waals surface area contributed by atoms with Gasteiger partial charge < -0.3 is 69.3 Å². The van der Waals surface area contributed by atoms with E-state index in [0.717, 1.165) is 108 Å². The van der Waals surface area contributed by atoms with E-state index in [1.54, 1.807) is 67.0 Å². The summed E-state index contributed by atoms with van der Waals surface area (Å²) in [4.78, 5) is 51.4. The Bertz CT molecular complexity index is 3760. The fraction of sp³-hybridized carbons (Fsp3) is 0.342. The molecule has 0 amide bonds. The van der Waals surface area contributed by atoms with Crippen LogP contribution in [0.25, 0.3) is 44.6 Å². The minimum atomic E-state index is -0.0695. The van der Waals surface area contributed by atoms with Crippen molar-refractivity contribution in [2.24, 2.45) is 0 Å². The van der Waals surface area contributed by atoms with E-state index in [1.807, 2.05) is 150 Å². The van der Waals surface area contributed by atoms with E-state index in [0.29, 0.717) is 51.3 Å². The van der Waals surface area contributed by atoms with Gasteiger partial charge in [-0.05, 0) is 200 Å². The number of ether oxygens (including phenoxy) is 1. The first-order chi connectivity index (χ1) is 47.6. The average molecular weight is 1460 g/mol. The summed E-state index contributed by atoms with van der Waals surface area (Å²) in [5.74, 6) is 2.61. The van der Waals surface area contributed by atoms with Crippen molar-refractivity contribution in [1.82, 2.24) is 60.4 Å². The topological polar surface area (TPSA) is 234 Å². The largest absolute Gasteiger partial charge is 0.508 e. The second-order valence-electron chi connectivity index (χ2n) is 22.7. The fourth-order valence-corrected chi connectivity index (χ4v) is 9.07. The van der Waals surface area contributed by atoms with Crippen LogP contribution in [-0.2, 0) is 25.5 Å². The second-order valence-corrected chi connectivity index (χ2v) is 23.7. The van der Waals surface area contributed by atoms with E-state index in [4.69, 9.17) is 35.4 Å². The van der Waals surface area contributed by atoms with Crippen LogP contribution < -0.4 is 31.5 Å². The van der Waals surface area contributed by atoms with Crippen molar-refractivity contribution in [3.05, 3.63) is 250 Å². The quantitative estimate of drug-likeness (QED) is 0.0198. The van der Waals surface area contributed by atoms with Crippen LogP contribution in [0, 0.1) is 0 Å². The molecule has 6 aromatic heterocycles. The number of para-hydroxylation sites is 2. The molecule has 0 fully saturated rings. The van der Waals surface area contributed by atoms with Crippen LogP contribution in [0.5, 0.6) is 11.5 Å². The molecule has 0 saturated heterocycles. The van der Waals surface area contributed by atoms with Crippen molar-refractivity contribution in [2.45, 2.75) is 25.5 Å². The van der Waals surface area contributed by atoms with Crippen LogP contribution in [-0.4, -0.2) is 207 Å². The maximum absolute atomic E-state index is 12.3. The molecule has 0 unspecified atom stereocenters. The van der Waals surface area contributed by atoms with E-state index in [2.05, 4.69) is 117 Å². The van der Waals surface area contributed by atoms with Gasteiger partial charge in [-0.1, -0.05) is 40.2 Å². The van der Waals surface area contributed by atoms with Gasteiger partial charge in [0.15, 0.2) is 10.9 Å². The van der Waals surface area contributed by atoms with Gasteiger partial charge in [0.1, 0.15) is 40.8 Å². The number of nitrogens with one attached hydrogen (secondary N) is 3. The third-order valence-electron chi connectivity index (χ3n) is 14.5. The first kappa shape index (κ1) is 85.4. The average Bonchev–Trinajstić information content (AvgIpc) is 0.815. The predicted molar refractivity (Wildman–Crippen MR) is 410 cm³/mol. The number of nitrogens with zero attached hydrogens (tertiary/aromatic N) is 9. The summed E-state index contributed by atoms with van der Waals surface area (Å²) >= 11 is 8.50. The summed E-state index contributed by atoms with van der Waals surface area (Å²) < 4.78 is 17.5. The summed E-state index contributed by atoms with van der Waals surface area (Å²) in [6.07, 6.45) is 14.4. The Balaban J connectivity index is 0.000000331. The smallest absolute Gasteiger partial charge is 0.193 e. The Morgan fingerprint density at radius 2 is 0.808 bits per heavy atom. The van der Waals surface area contributed by atoms with E-state index in [-0.39, 0.29) is 42.2 Å². The Labute approximate surface area is 604 Å². The highest BCUT2D eigenvalue weighted by Crippen LogP contribution is 2.26. The van der Waals surface area contributed by atoms with Crippen molar-refractivity contribution in [3.63, 3.8) is 0 Å². The zero-order valence-electron chi connectivity index (χ0n) is 58.4. The Morgan fingerprint density at radius 3 is 1.17 bits per heavy atom. The molecule has 0 radical (unpaired) electrons. The van der Waals surface area contributed by atoms with Crippen LogP contribution in [0.4, 0.5) is 0 Å². The lowest BCUT2D eigenvalue weighted by Gasteiger charge is -2.22. The minimum Gasteiger partial charge on any atom is -0.508 e.